The molecule has 0 spiro atoms. The minimum Gasteiger partial charge on any atom is -0.385 e. The average molecular weight is 281 g/mol. The van der Waals surface area contributed by atoms with Crippen molar-refractivity contribution in [1.82, 2.24) is 5.32 Å². The van der Waals surface area contributed by atoms with Gasteiger partial charge in [0.15, 0.2) is 0 Å². The van der Waals surface area contributed by atoms with E-state index in [0.717, 1.165) is 36.3 Å². The van der Waals surface area contributed by atoms with Gasteiger partial charge in [-0.3, -0.25) is 0 Å². The fourth-order valence-corrected chi connectivity index (χ4v) is 2.57. The maximum absolute atomic E-state index is 12.0. The molecular weight excluding hydrogens is 262 g/mol. The number of hydrogen-bond acceptors (Lipinski definition) is 2. The van der Waals surface area contributed by atoms with Crippen LogP contribution in [0.25, 0.3) is 0 Å². The Morgan fingerprint density at radius 3 is 2.81 bits per heavy atom. The lowest BCUT2D eigenvalue weighted by molar-refractivity contribution is 0.251. The zero-order valence-electron chi connectivity index (χ0n) is 11.9. The van der Waals surface area contributed by atoms with Gasteiger partial charge in [0.25, 0.3) is 0 Å². The van der Waals surface area contributed by atoms with Crippen LogP contribution in [0.2, 0.25) is 0 Å². The molecule has 2 aromatic carbocycles. The largest absolute Gasteiger partial charge is 0.385 e. The van der Waals surface area contributed by atoms with E-state index in [-0.39, 0.29) is 6.03 Å². The topological polar surface area (TPSA) is 53.2 Å². The number of rotatable bonds is 3. The number of anilines is 2. The van der Waals surface area contributed by atoms with Gasteiger partial charge in [0, 0.05) is 24.5 Å². The highest BCUT2D eigenvalue weighted by atomic mass is 16.2. The van der Waals surface area contributed by atoms with E-state index in [2.05, 4.69) is 22.0 Å². The van der Waals surface area contributed by atoms with Gasteiger partial charge in [-0.2, -0.15) is 0 Å². The molecule has 0 aliphatic carbocycles. The Hall–Kier alpha value is -2.49. The Labute approximate surface area is 124 Å². The van der Waals surface area contributed by atoms with E-state index in [0.29, 0.717) is 6.54 Å². The summed E-state index contributed by atoms with van der Waals surface area (Å²) in [5.74, 6) is 0. The molecule has 4 heteroatoms. The van der Waals surface area contributed by atoms with Crippen LogP contribution in [0.1, 0.15) is 17.5 Å². The van der Waals surface area contributed by atoms with Crippen molar-refractivity contribution in [2.45, 2.75) is 19.4 Å². The molecule has 4 nitrogen and oxygen atoms in total. The van der Waals surface area contributed by atoms with Crippen LogP contribution >= 0.6 is 0 Å². The molecule has 1 heterocycles. The van der Waals surface area contributed by atoms with Gasteiger partial charge in [0.1, 0.15) is 0 Å². The van der Waals surface area contributed by atoms with Crippen molar-refractivity contribution in [3.63, 3.8) is 0 Å². The third-order valence-electron chi connectivity index (χ3n) is 3.64. The average Bonchev–Trinajstić information content (AvgIpc) is 2.54. The van der Waals surface area contributed by atoms with Crippen LogP contribution in [0.3, 0.4) is 0 Å². The zero-order chi connectivity index (χ0) is 14.5. The number of hydrogen-bond donors (Lipinski definition) is 3. The maximum atomic E-state index is 12.0. The number of carbonyl (C=O) groups excluding carboxylic acids is 1. The monoisotopic (exact) mass is 281 g/mol. The van der Waals surface area contributed by atoms with E-state index in [4.69, 9.17) is 0 Å². The van der Waals surface area contributed by atoms with E-state index in [9.17, 15) is 4.79 Å². The van der Waals surface area contributed by atoms with Gasteiger partial charge in [-0.05, 0) is 36.1 Å². The first-order valence-corrected chi connectivity index (χ1v) is 7.27. The van der Waals surface area contributed by atoms with Crippen LogP contribution in [0, 0.1) is 0 Å². The first-order valence-electron chi connectivity index (χ1n) is 7.27. The van der Waals surface area contributed by atoms with Crippen molar-refractivity contribution < 1.29 is 4.79 Å². The summed E-state index contributed by atoms with van der Waals surface area (Å²) in [5.41, 5.74) is 4.30. The van der Waals surface area contributed by atoms with Gasteiger partial charge < -0.3 is 16.0 Å². The van der Waals surface area contributed by atoms with Gasteiger partial charge in [-0.1, -0.05) is 36.4 Å². The smallest absolute Gasteiger partial charge is 0.319 e. The quantitative estimate of drug-likeness (QED) is 0.808. The molecule has 3 rings (SSSR count). The molecule has 0 fully saturated rings. The van der Waals surface area contributed by atoms with Crippen LogP contribution in [0.4, 0.5) is 16.2 Å². The summed E-state index contributed by atoms with van der Waals surface area (Å²) in [4.78, 5) is 12.0. The van der Waals surface area contributed by atoms with E-state index in [1.807, 2.05) is 42.5 Å². The third kappa shape index (κ3) is 3.34. The lowest BCUT2D eigenvalue weighted by atomic mass is 10.0. The van der Waals surface area contributed by atoms with Crippen molar-refractivity contribution >= 4 is 17.4 Å². The van der Waals surface area contributed by atoms with E-state index < -0.39 is 0 Å². The molecule has 0 radical (unpaired) electrons. The molecule has 21 heavy (non-hydrogen) atoms. The third-order valence-corrected chi connectivity index (χ3v) is 3.64. The fraction of sp³-hybridized carbons (Fsp3) is 0.235. The Morgan fingerprint density at radius 2 is 1.95 bits per heavy atom. The number of benzene rings is 2. The van der Waals surface area contributed by atoms with Crippen LogP contribution in [-0.2, 0) is 13.0 Å². The summed E-state index contributed by atoms with van der Waals surface area (Å²) in [6.07, 6.45) is 2.09. The van der Waals surface area contributed by atoms with Crippen LogP contribution in [0.15, 0.2) is 48.5 Å². The molecule has 0 unspecified atom stereocenters. The lowest BCUT2D eigenvalue weighted by Crippen LogP contribution is -2.29. The minimum atomic E-state index is -0.169. The van der Waals surface area contributed by atoms with Gasteiger partial charge >= 0.3 is 6.03 Å². The van der Waals surface area contributed by atoms with E-state index >= 15 is 0 Å². The molecule has 0 bridgehead atoms. The van der Waals surface area contributed by atoms with Crippen molar-refractivity contribution in [2.24, 2.45) is 0 Å². The van der Waals surface area contributed by atoms with Crippen molar-refractivity contribution in [3.8, 4) is 0 Å². The molecule has 0 saturated heterocycles. The summed E-state index contributed by atoms with van der Waals surface area (Å²) < 4.78 is 0. The summed E-state index contributed by atoms with van der Waals surface area (Å²) in [7, 11) is 0. The van der Waals surface area contributed by atoms with Crippen molar-refractivity contribution in [2.75, 3.05) is 17.2 Å². The summed E-state index contributed by atoms with van der Waals surface area (Å²) in [6, 6.07) is 15.7. The number of urea groups is 1. The minimum absolute atomic E-state index is 0.169. The molecule has 1 aliphatic rings. The molecule has 0 atom stereocenters. The molecule has 2 aromatic rings. The predicted molar refractivity (Wildman–Crippen MR) is 85.6 cm³/mol. The van der Waals surface area contributed by atoms with Gasteiger partial charge in [0.05, 0.1) is 0 Å². The predicted octanol–water partition coefficient (Wildman–Crippen LogP) is 3.37. The second-order valence-corrected chi connectivity index (χ2v) is 5.16. The Balaban J connectivity index is 1.63. The Morgan fingerprint density at radius 1 is 1.10 bits per heavy atom. The molecule has 108 valence electrons. The first kappa shape index (κ1) is 13.5. The first-order chi connectivity index (χ1) is 10.3. The number of fused-ring (bicyclic) bond motifs is 1. The molecule has 1 aliphatic heterocycles. The van der Waals surface area contributed by atoms with Crippen molar-refractivity contribution in [3.05, 3.63) is 59.7 Å². The highest BCUT2D eigenvalue weighted by Crippen LogP contribution is 2.28. The van der Waals surface area contributed by atoms with Crippen LogP contribution in [0.5, 0.6) is 0 Å². The Bertz CT molecular complexity index is 625. The summed E-state index contributed by atoms with van der Waals surface area (Å²) in [6.45, 7) is 1.52. The second-order valence-electron chi connectivity index (χ2n) is 5.16. The molecular formula is C17H19N3O. The lowest BCUT2D eigenvalue weighted by Gasteiger charge is -2.21. The van der Waals surface area contributed by atoms with Crippen LogP contribution in [-0.4, -0.2) is 12.6 Å². The van der Waals surface area contributed by atoms with Gasteiger partial charge in [-0.25, -0.2) is 4.79 Å². The maximum Gasteiger partial charge on any atom is 0.319 e. The summed E-state index contributed by atoms with van der Waals surface area (Å²) in [5, 5.41) is 9.20. The fourth-order valence-electron chi connectivity index (χ4n) is 2.57. The molecule has 0 aromatic heterocycles. The zero-order valence-corrected chi connectivity index (χ0v) is 11.9. The number of carbonyl (C=O) groups is 1. The highest BCUT2D eigenvalue weighted by molar-refractivity contribution is 5.91. The van der Waals surface area contributed by atoms with E-state index in [1.165, 1.54) is 5.56 Å². The second kappa shape index (κ2) is 6.31. The van der Waals surface area contributed by atoms with Crippen molar-refractivity contribution in [1.29, 1.82) is 0 Å². The standard InChI is InChI=1S/C17H19N3O/c21-17(19-12-13-6-2-1-3-7-13)20-16-10-4-9-15-14(16)8-5-11-18-15/h1-4,6-7,9-10,18H,5,8,11-12H2,(H2,19,20,21). The number of amides is 2. The molecule has 3 N–H and O–H groups in total. The highest BCUT2D eigenvalue weighted by Gasteiger charge is 2.13. The summed E-state index contributed by atoms with van der Waals surface area (Å²) >= 11 is 0. The molecule has 0 saturated carbocycles. The Kier molecular flexibility index (Phi) is 4.05. The SMILES string of the molecule is O=C(NCc1ccccc1)Nc1cccc2c1CCCN2. The molecule has 2 amide bonds. The van der Waals surface area contributed by atoms with Crippen LogP contribution < -0.4 is 16.0 Å². The van der Waals surface area contributed by atoms with Gasteiger partial charge in [-0.15, -0.1) is 0 Å². The number of nitrogens with one attached hydrogen (secondary N) is 3. The normalized spacial score (nSPS) is 13.0. The van der Waals surface area contributed by atoms with E-state index in [1.54, 1.807) is 0 Å². The van der Waals surface area contributed by atoms with Gasteiger partial charge in [0.2, 0.25) is 0 Å².